The van der Waals surface area contributed by atoms with E-state index in [-0.39, 0.29) is 16.3 Å². The van der Waals surface area contributed by atoms with Crippen molar-refractivity contribution in [2.45, 2.75) is 11.4 Å². The van der Waals surface area contributed by atoms with Crippen LogP contribution < -0.4 is 9.88 Å². The number of benzene rings is 3. The number of pyridine rings is 1. The zero-order valence-corrected chi connectivity index (χ0v) is 19.8. The Hall–Kier alpha value is -4.66. The Labute approximate surface area is 206 Å². The number of hydrogen-bond donors (Lipinski definition) is 1. The van der Waals surface area contributed by atoms with E-state index in [1.807, 2.05) is 30.3 Å². The monoisotopic (exact) mass is 497 g/mol. The lowest BCUT2D eigenvalue weighted by atomic mass is 9.96. The van der Waals surface area contributed by atoms with Gasteiger partial charge in [0.25, 0.3) is 0 Å². The molecule has 2 heterocycles. The van der Waals surface area contributed by atoms with E-state index >= 15 is 0 Å². The van der Waals surface area contributed by atoms with Gasteiger partial charge < -0.3 is 4.74 Å². The average Bonchev–Trinajstić information content (AvgIpc) is 3.35. The van der Waals surface area contributed by atoms with Gasteiger partial charge in [-0.2, -0.15) is 10.1 Å². The maximum atomic E-state index is 12.5. The second kappa shape index (κ2) is 9.18. The summed E-state index contributed by atoms with van der Waals surface area (Å²) in [6.07, 6.45) is 1.55. The van der Waals surface area contributed by atoms with E-state index < -0.39 is 10.0 Å². The van der Waals surface area contributed by atoms with Crippen LogP contribution >= 0.6 is 0 Å². The summed E-state index contributed by atoms with van der Waals surface area (Å²) in [7, 11) is -2.51. The second-order valence-electron chi connectivity index (χ2n) is 7.92. The van der Waals surface area contributed by atoms with Gasteiger partial charge in [-0.15, -0.1) is 10.2 Å². The molecule has 5 rings (SSSR count). The van der Waals surface area contributed by atoms with E-state index in [9.17, 15) is 13.7 Å². The molecule has 0 aliphatic carbocycles. The maximum Gasteiger partial charge on any atom is 0.238 e. The van der Waals surface area contributed by atoms with Crippen molar-refractivity contribution in [1.82, 2.24) is 25.2 Å². The Bertz CT molecular complexity index is 1740. The number of rotatable bonds is 6. The van der Waals surface area contributed by atoms with Crippen LogP contribution in [-0.4, -0.2) is 40.7 Å². The molecule has 5 aromatic rings. The first-order valence-electron chi connectivity index (χ1n) is 10.7. The van der Waals surface area contributed by atoms with Crippen molar-refractivity contribution in [3.8, 4) is 34.3 Å². The van der Waals surface area contributed by atoms with E-state index in [1.165, 1.54) is 10.9 Å². The highest BCUT2D eigenvalue weighted by Crippen LogP contribution is 2.36. The molecule has 0 atom stereocenters. The van der Waals surface area contributed by atoms with Gasteiger partial charge in [0.2, 0.25) is 15.8 Å². The topological polar surface area (TPSA) is 150 Å². The summed E-state index contributed by atoms with van der Waals surface area (Å²) in [5.41, 5.74) is 2.72. The van der Waals surface area contributed by atoms with Crippen LogP contribution in [0.15, 0.2) is 77.8 Å². The van der Waals surface area contributed by atoms with E-state index in [0.29, 0.717) is 28.8 Å². The number of sulfonamides is 1. The Morgan fingerprint density at radius 2 is 1.89 bits per heavy atom. The van der Waals surface area contributed by atoms with Gasteiger partial charge in [-0.25, -0.2) is 18.5 Å². The molecule has 0 spiro atoms. The maximum absolute atomic E-state index is 12.5. The minimum atomic E-state index is -4.11. The zero-order chi connectivity index (χ0) is 25.3. The van der Waals surface area contributed by atoms with Gasteiger partial charge in [0.05, 0.1) is 24.1 Å². The number of nitrogens with two attached hydrogens (primary N) is 1. The van der Waals surface area contributed by atoms with Crippen molar-refractivity contribution in [3.63, 3.8) is 0 Å². The lowest BCUT2D eigenvalue weighted by Gasteiger charge is -2.12. The lowest BCUT2D eigenvalue weighted by Crippen LogP contribution is -2.14. The largest absolute Gasteiger partial charge is 0.497 e. The van der Waals surface area contributed by atoms with Gasteiger partial charge in [-0.3, -0.25) is 0 Å². The molecule has 2 aromatic heterocycles. The smallest absolute Gasteiger partial charge is 0.238 e. The van der Waals surface area contributed by atoms with Gasteiger partial charge in [0, 0.05) is 11.6 Å². The highest BCUT2D eigenvalue weighted by atomic mass is 32.2. The number of aromatic nitrogens is 5. The molecule has 2 N–H and O–H groups in total. The fraction of sp³-hybridized carbons (Fsp3) is 0.0800. The Kier molecular flexibility index (Phi) is 5.89. The summed E-state index contributed by atoms with van der Waals surface area (Å²) in [5.74, 6) is 0.849. The number of nitriles is 1. The Morgan fingerprint density at radius 3 is 2.61 bits per heavy atom. The van der Waals surface area contributed by atoms with E-state index in [1.54, 1.807) is 43.6 Å². The fourth-order valence-corrected chi connectivity index (χ4v) is 4.73. The van der Waals surface area contributed by atoms with Crippen LogP contribution in [0.2, 0.25) is 0 Å². The molecule has 0 radical (unpaired) electrons. The molecule has 0 bridgehead atoms. The molecule has 0 saturated heterocycles. The van der Waals surface area contributed by atoms with Gasteiger partial charge in [-0.1, -0.05) is 36.4 Å². The van der Waals surface area contributed by atoms with Crippen LogP contribution in [0.5, 0.6) is 5.75 Å². The summed E-state index contributed by atoms with van der Waals surface area (Å²) in [6.45, 7) is 0.323. The molecule has 11 heteroatoms. The molecule has 0 aliphatic rings. The van der Waals surface area contributed by atoms with Crippen molar-refractivity contribution in [3.05, 3.63) is 84.2 Å². The first-order chi connectivity index (χ1) is 17.4. The summed E-state index contributed by atoms with van der Waals surface area (Å²) < 4.78 is 30.2. The van der Waals surface area contributed by atoms with E-state index in [0.717, 1.165) is 16.7 Å². The average molecular weight is 498 g/mol. The third-order valence-electron chi connectivity index (χ3n) is 5.67. The zero-order valence-electron chi connectivity index (χ0n) is 19.0. The standard InChI is InChI=1S/C25H19N7O3S/c1-35-19-8-5-16(6-9-19)15-32-30-25(29-31-32)24-21(3-2-4-23(24)36(27,33)34)17-7-10-20-18(13-17)11-12-28-22(20)14-26/h2-13H,15H2,1H3,(H2,27,33,34). The highest BCUT2D eigenvalue weighted by Gasteiger charge is 2.23. The number of nitrogens with zero attached hydrogens (tertiary/aromatic N) is 6. The predicted octanol–water partition coefficient (Wildman–Crippen LogP) is 3.13. The second-order valence-corrected chi connectivity index (χ2v) is 9.45. The predicted molar refractivity (Wildman–Crippen MR) is 132 cm³/mol. The number of methoxy groups -OCH3 is 1. The quantitative estimate of drug-likeness (QED) is 0.376. The van der Waals surface area contributed by atoms with Gasteiger partial charge >= 0.3 is 0 Å². The molecule has 3 aromatic carbocycles. The van der Waals surface area contributed by atoms with Crippen LogP contribution in [0.1, 0.15) is 11.3 Å². The first-order valence-corrected chi connectivity index (χ1v) is 12.3. The molecule has 0 saturated carbocycles. The molecule has 10 nitrogen and oxygen atoms in total. The highest BCUT2D eigenvalue weighted by molar-refractivity contribution is 7.89. The van der Waals surface area contributed by atoms with E-state index in [2.05, 4.69) is 26.5 Å². The molecular formula is C25H19N7O3S. The van der Waals surface area contributed by atoms with Gasteiger partial charge in [-0.05, 0) is 57.6 Å². The van der Waals surface area contributed by atoms with Crippen LogP contribution in [-0.2, 0) is 16.6 Å². The van der Waals surface area contributed by atoms with Crippen molar-refractivity contribution < 1.29 is 13.2 Å². The lowest BCUT2D eigenvalue weighted by molar-refractivity contribution is 0.414. The number of ether oxygens (including phenoxy) is 1. The van der Waals surface area contributed by atoms with E-state index in [4.69, 9.17) is 9.88 Å². The number of hydrogen-bond acceptors (Lipinski definition) is 8. The minimum absolute atomic E-state index is 0.114. The first kappa shape index (κ1) is 23.1. The number of primary sulfonamides is 1. The Balaban J connectivity index is 1.62. The third kappa shape index (κ3) is 4.38. The molecule has 0 aliphatic heterocycles. The van der Waals surface area contributed by atoms with Crippen molar-refractivity contribution in [1.29, 1.82) is 5.26 Å². The van der Waals surface area contributed by atoms with Crippen LogP contribution in [0.3, 0.4) is 0 Å². The summed E-state index contributed by atoms with van der Waals surface area (Å²) in [5, 5.41) is 29.1. The molecule has 0 amide bonds. The number of fused-ring (bicyclic) bond motifs is 1. The Morgan fingerprint density at radius 1 is 1.08 bits per heavy atom. The van der Waals surface area contributed by atoms with Gasteiger partial charge in [0.1, 0.15) is 17.5 Å². The van der Waals surface area contributed by atoms with Crippen molar-refractivity contribution in [2.24, 2.45) is 5.14 Å². The third-order valence-corrected chi connectivity index (χ3v) is 6.63. The van der Waals surface area contributed by atoms with Gasteiger partial charge in [0.15, 0.2) is 0 Å². The molecule has 178 valence electrons. The summed E-state index contributed by atoms with van der Waals surface area (Å²) in [4.78, 5) is 5.36. The molecule has 0 fully saturated rings. The minimum Gasteiger partial charge on any atom is -0.497 e. The van der Waals surface area contributed by atoms with Crippen LogP contribution in [0.4, 0.5) is 0 Å². The molecular weight excluding hydrogens is 478 g/mol. The number of tetrazole rings is 1. The van der Waals surface area contributed by atoms with Crippen molar-refractivity contribution in [2.75, 3.05) is 7.11 Å². The van der Waals surface area contributed by atoms with Crippen LogP contribution in [0, 0.1) is 11.3 Å². The molecule has 36 heavy (non-hydrogen) atoms. The van der Waals surface area contributed by atoms with Crippen LogP contribution in [0.25, 0.3) is 33.3 Å². The normalized spacial score (nSPS) is 11.4. The van der Waals surface area contributed by atoms with Crippen molar-refractivity contribution >= 4 is 20.8 Å². The summed E-state index contributed by atoms with van der Waals surface area (Å²) in [6, 6.07) is 21.5. The fourth-order valence-electron chi connectivity index (χ4n) is 3.98. The SMILES string of the molecule is COc1ccc(Cn2nnc(-c3c(-c4ccc5c(C#N)nccc5c4)cccc3S(N)(=O)=O)n2)cc1. The summed E-state index contributed by atoms with van der Waals surface area (Å²) >= 11 is 0. The molecule has 0 unspecified atom stereocenters.